The van der Waals surface area contributed by atoms with Crippen LogP contribution in [0.1, 0.15) is 35.2 Å². The average Bonchev–Trinajstić information content (AvgIpc) is 2.95. The van der Waals surface area contributed by atoms with Gasteiger partial charge < -0.3 is 15.4 Å². The fourth-order valence-electron chi connectivity index (χ4n) is 3.55. The predicted octanol–water partition coefficient (Wildman–Crippen LogP) is 2.02. The second-order valence-electron chi connectivity index (χ2n) is 6.70. The zero-order chi connectivity index (χ0) is 17.9. The van der Waals surface area contributed by atoms with Gasteiger partial charge in [0.1, 0.15) is 5.82 Å². The lowest BCUT2D eigenvalue weighted by atomic mass is 9.78. The molecule has 6 heteroatoms. The van der Waals surface area contributed by atoms with Gasteiger partial charge in [0.2, 0.25) is 5.56 Å². The molecule has 1 aromatic carbocycles. The Kier molecular flexibility index (Phi) is 4.99. The minimum atomic E-state index is -0.531. The van der Waals surface area contributed by atoms with Gasteiger partial charge in [0.05, 0.1) is 6.10 Å². The Balaban J connectivity index is 1.74. The summed E-state index contributed by atoms with van der Waals surface area (Å²) in [6.45, 7) is 0.303. The number of pyridine rings is 1. The van der Waals surface area contributed by atoms with Crippen molar-refractivity contribution in [3.63, 3.8) is 0 Å². The van der Waals surface area contributed by atoms with E-state index in [0.29, 0.717) is 19.4 Å². The van der Waals surface area contributed by atoms with Gasteiger partial charge in [0.15, 0.2) is 0 Å². The molecule has 0 saturated heterocycles. The number of amides is 1. The zero-order valence-electron chi connectivity index (χ0n) is 13.8. The molecule has 0 spiro atoms. The van der Waals surface area contributed by atoms with Crippen LogP contribution in [0.15, 0.2) is 47.4 Å². The van der Waals surface area contributed by atoms with E-state index in [4.69, 9.17) is 0 Å². The third-order valence-corrected chi connectivity index (χ3v) is 4.97. The van der Waals surface area contributed by atoms with Crippen molar-refractivity contribution in [1.29, 1.82) is 0 Å². The van der Waals surface area contributed by atoms with Crippen LogP contribution >= 0.6 is 0 Å². The van der Waals surface area contributed by atoms with E-state index in [1.165, 1.54) is 30.5 Å². The number of rotatable bonds is 5. The Bertz CT molecular complexity index is 803. The Labute approximate surface area is 144 Å². The van der Waals surface area contributed by atoms with Crippen LogP contribution in [0, 0.1) is 11.2 Å². The van der Waals surface area contributed by atoms with Gasteiger partial charge in [-0.3, -0.25) is 9.59 Å². The third kappa shape index (κ3) is 3.96. The maximum Gasteiger partial charge on any atom is 0.251 e. The van der Waals surface area contributed by atoms with Gasteiger partial charge in [-0.15, -0.1) is 0 Å². The minimum Gasteiger partial charge on any atom is -0.392 e. The Hall–Kier alpha value is -2.47. The standard InChI is InChI=1S/C19H21FN2O3/c20-15-5-3-13(4-6-15)11-19(8-1-2-16(19)23)12-22-18(25)14-7-9-21-17(24)10-14/h3-7,9-10,16,23H,1-2,8,11-12H2,(H,21,24)(H,22,25)/t16-,19-/m0/s1. The van der Waals surface area contributed by atoms with Crippen molar-refractivity contribution in [2.45, 2.75) is 31.8 Å². The van der Waals surface area contributed by atoms with E-state index in [1.54, 1.807) is 12.1 Å². The highest BCUT2D eigenvalue weighted by molar-refractivity contribution is 5.93. The fraction of sp³-hybridized carbons (Fsp3) is 0.368. The molecular formula is C19H21FN2O3. The third-order valence-electron chi connectivity index (χ3n) is 4.97. The van der Waals surface area contributed by atoms with E-state index in [2.05, 4.69) is 10.3 Å². The number of H-pyrrole nitrogens is 1. The van der Waals surface area contributed by atoms with Gasteiger partial charge >= 0.3 is 0 Å². The number of aliphatic hydroxyl groups is 1. The van der Waals surface area contributed by atoms with Crippen molar-refractivity contribution in [2.24, 2.45) is 5.41 Å². The number of hydrogen-bond acceptors (Lipinski definition) is 3. The van der Waals surface area contributed by atoms with Crippen molar-refractivity contribution in [3.05, 3.63) is 69.9 Å². The summed E-state index contributed by atoms with van der Waals surface area (Å²) in [5.41, 5.74) is 0.393. The summed E-state index contributed by atoms with van der Waals surface area (Å²) in [4.78, 5) is 26.1. The molecule has 1 heterocycles. The Morgan fingerprint density at radius 3 is 2.72 bits per heavy atom. The SMILES string of the molecule is O=C(NC[C@@]1(Cc2ccc(F)cc2)CCC[C@@H]1O)c1cc[nH]c(=O)c1. The summed E-state index contributed by atoms with van der Waals surface area (Å²) in [6.07, 6.45) is 3.80. The molecule has 1 aliphatic carbocycles. The molecule has 3 rings (SSSR count). The number of benzene rings is 1. The van der Waals surface area contributed by atoms with E-state index in [1.807, 2.05) is 0 Å². The van der Waals surface area contributed by atoms with Crippen LogP contribution < -0.4 is 10.9 Å². The number of aliphatic hydroxyl groups excluding tert-OH is 1. The molecule has 1 fully saturated rings. The van der Waals surface area contributed by atoms with Gasteiger partial charge in [-0.05, 0) is 43.0 Å². The average molecular weight is 344 g/mol. The monoisotopic (exact) mass is 344 g/mol. The highest BCUT2D eigenvalue weighted by atomic mass is 19.1. The Morgan fingerprint density at radius 2 is 2.08 bits per heavy atom. The number of carbonyl (C=O) groups excluding carboxylic acids is 1. The number of nitrogens with one attached hydrogen (secondary N) is 2. The first kappa shape index (κ1) is 17.4. The predicted molar refractivity (Wildman–Crippen MR) is 91.8 cm³/mol. The fourth-order valence-corrected chi connectivity index (χ4v) is 3.55. The van der Waals surface area contributed by atoms with Crippen molar-refractivity contribution in [3.8, 4) is 0 Å². The van der Waals surface area contributed by atoms with Crippen LogP contribution in [0.5, 0.6) is 0 Å². The first-order valence-electron chi connectivity index (χ1n) is 8.38. The van der Waals surface area contributed by atoms with Gasteiger partial charge in [-0.1, -0.05) is 18.6 Å². The van der Waals surface area contributed by atoms with Gasteiger partial charge in [-0.2, -0.15) is 0 Å². The van der Waals surface area contributed by atoms with E-state index in [0.717, 1.165) is 18.4 Å². The van der Waals surface area contributed by atoms with E-state index in [9.17, 15) is 19.1 Å². The first-order chi connectivity index (χ1) is 12.0. The van der Waals surface area contributed by atoms with E-state index in [-0.39, 0.29) is 22.8 Å². The molecule has 1 aliphatic rings. The summed E-state index contributed by atoms with van der Waals surface area (Å²) < 4.78 is 13.1. The number of aromatic nitrogens is 1. The van der Waals surface area contributed by atoms with E-state index >= 15 is 0 Å². The van der Waals surface area contributed by atoms with Gasteiger partial charge in [0.25, 0.3) is 5.91 Å². The summed E-state index contributed by atoms with van der Waals surface area (Å²) in [5.74, 6) is -0.643. The molecule has 0 unspecified atom stereocenters. The second kappa shape index (κ2) is 7.19. The number of aromatic amines is 1. The summed E-state index contributed by atoms with van der Waals surface area (Å²) in [5, 5.41) is 13.3. The van der Waals surface area contributed by atoms with Gasteiger partial charge in [-0.25, -0.2) is 4.39 Å². The zero-order valence-corrected chi connectivity index (χ0v) is 13.8. The van der Waals surface area contributed by atoms with Gasteiger partial charge in [0, 0.05) is 29.8 Å². The molecule has 1 aromatic heterocycles. The van der Waals surface area contributed by atoms with Crippen LogP contribution in [-0.2, 0) is 6.42 Å². The summed E-state index contributed by atoms with van der Waals surface area (Å²) in [7, 11) is 0. The summed E-state index contributed by atoms with van der Waals surface area (Å²) >= 11 is 0. The molecule has 0 aliphatic heterocycles. The topological polar surface area (TPSA) is 82.2 Å². The van der Waals surface area contributed by atoms with E-state index < -0.39 is 11.5 Å². The second-order valence-corrected chi connectivity index (χ2v) is 6.70. The molecule has 132 valence electrons. The molecule has 0 bridgehead atoms. The van der Waals surface area contributed by atoms with Crippen LogP contribution in [0.25, 0.3) is 0 Å². The van der Waals surface area contributed by atoms with Crippen LogP contribution in [0.3, 0.4) is 0 Å². The lowest BCUT2D eigenvalue weighted by Crippen LogP contribution is -2.44. The van der Waals surface area contributed by atoms with Crippen molar-refractivity contribution < 1.29 is 14.3 Å². The quantitative estimate of drug-likeness (QED) is 0.776. The smallest absolute Gasteiger partial charge is 0.251 e. The van der Waals surface area contributed by atoms with Crippen LogP contribution in [0.2, 0.25) is 0 Å². The lowest BCUT2D eigenvalue weighted by Gasteiger charge is -2.33. The molecule has 2 atom stereocenters. The molecule has 1 saturated carbocycles. The Morgan fingerprint density at radius 1 is 1.32 bits per heavy atom. The first-order valence-corrected chi connectivity index (χ1v) is 8.38. The molecule has 5 nitrogen and oxygen atoms in total. The molecular weight excluding hydrogens is 323 g/mol. The minimum absolute atomic E-state index is 0.285. The van der Waals surface area contributed by atoms with Crippen molar-refractivity contribution in [1.82, 2.24) is 10.3 Å². The van der Waals surface area contributed by atoms with Crippen LogP contribution in [0.4, 0.5) is 4.39 Å². The maximum atomic E-state index is 13.1. The number of hydrogen-bond donors (Lipinski definition) is 3. The number of carbonyl (C=O) groups is 1. The van der Waals surface area contributed by atoms with Crippen molar-refractivity contribution >= 4 is 5.91 Å². The molecule has 1 amide bonds. The highest BCUT2D eigenvalue weighted by Gasteiger charge is 2.42. The number of halogens is 1. The highest BCUT2D eigenvalue weighted by Crippen LogP contribution is 2.40. The normalized spacial score (nSPS) is 22.7. The maximum absolute atomic E-state index is 13.1. The largest absolute Gasteiger partial charge is 0.392 e. The summed E-state index contributed by atoms with van der Waals surface area (Å²) in [6, 6.07) is 9.00. The van der Waals surface area contributed by atoms with Crippen LogP contribution in [-0.4, -0.2) is 28.6 Å². The molecule has 3 N–H and O–H groups in total. The molecule has 0 radical (unpaired) electrons. The lowest BCUT2D eigenvalue weighted by molar-refractivity contribution is 0.0500. The van der Waals surface area contributed by atoms with Crippen molar-refractivity contribution in [2.75, 3.05) is 6.54 Å². The molecule has 2 aromatic rings. The molecule has 25 heavy (non-hydrogen) atoms.